The minimum atomic E-state index is -5.94. The van der Waals surface area contributed by atoms with Crippen LogP contribution >= 0.6 is 35.2 Å². The fourth-order valence-corrected chi connectivity index (χ4v) is 9.84. The van der Waals surface area contributed by atoms with E-state index in [9.17, 15) is 63.0 Å². The predicted octanol–water partition coefficient (Wildman–Crippen LogP) is 1.25. The van der Waals surface area contributed by atoms with E-state index in [1.807, 2.05) is 0 Å². The number of allylic oxidation sites excluding steroid dienone is 8. The van der Waals surface area contributed by atoms with E-state index >= 15 is 0 Å². The first-order valence-electron chi connectivity index (χ1n) is 22.2. The van der Waals surface area contributed by atoms with Crippen LogP contribution in [0.1, 0.15) is 91.2 Å². The predicted molar refractivity (Wildman–Crippen MR) is 248 cm³/mol. The molecule has 1 saturated heterocycles. The van der Waals surface area contributed by atoms with Crippen LogP contribution in [0, 0.1) is 5.41 Å². The third kappa shape index (κ3) is 22.5. The number of unbranched alkanes of at least 4 members (excludes halogenated alkanes) is 2. The number of ether oxygens (including phenoxy) is 1. The Morgan fingerprint density at radius 1 is 0.929 bits per heavy atom. The summed E-state index contributed by atoms with van der Waals surface area (Å²) >= 11 is 0.966. The highest BCUT2D eigenvalue weighted by Crippen LogP contribution is 2.56. The van der Waals surface area contributed by atoms with Gasteiger partial charge in [-0.05, 0) is 44.9 Å². The van der Waals surface area contributed by atoms with E-state index in [-0.39, 0.29) is 53.8 Å². The van der Waals surface area contributed by atoms with Gasteiger partial charge in [0.15, 0.2) is 22.8 Å². The van der Waals surface area contributed by atoms with Gasteiger partial charge in [-0.1, -0.05) is 87.6 Å². The zero-order valence-electron chi connectivity index (χ0n) is 38.9. The molecule has 0 aromatic carbocycles. The number of aliphatic hydroxyl groups excluding tert-OH is 3. The van der Waals surface area contributed by atoms with Gasteiger partial charge in [0.1, 0.15) is 36.3 Å². The molecule has 0 aliphatic carbocycles. The smallest absolute Gasteiger partial charge is 0.274 e. The number of anilines is 1. The summed E-state index contributed by atoms with van der Waals surface area (Å²) < 4.78 is 60.8. The third-order valence-electron chi connectivity index (χ3n) is 10.0. The van der Waals surface area contributed by atoms with Crippen LogP contribution in [0.3, 0.4) is 0 Å². The molecule has 3 heterocycles. The number of phosphoric ester groups is 3. The molecule has 8 atom stereocenters. The highest BCUT2D eigenvalue weighted by molar-refractivity contribution is 8.13. The van der Waals surface area contributed by atoms with Crippen molar-refractivity contribution in [2.45, 2.75) is 122 Å². The van der Waals surface area contributed by atoms with Gasteiger partial charge in [0, 0.05) is 37.1 Å². The maximum atomic E-state index is 12.6. The van der Waals surface area contributed by atoms with E-state index < -0.39 is 90.7 Å². The summed E-state index contributed by atoms with van der Waals surface area (Å²) in [6.07, 6.45) is 15.3. The lowest BCUT2D eigenvalue weighted by Gasteiger charge is -2.36. The molecule has 29 heteroatoms. The van der Waals surface area contributed by atoms with Crippen LogP contribution in [0.5, 0.6) is 0 Å². The van der Waals surface area contributed by atoms with Crippen LogP contribution in [0.4, 0.5) is 5.82 Å². The molecule has 0 bridgehead atoms. The number of rotatable bonds is 33. The number of aliphatic hydroxyl groups is 3. The van der Waals surface area contributed by atoms with Gasteiger partial charge in [0.05, 0.1) is 33.5 Å². The molecule has 0 radical (unpaired) electrons. The first-order valence-corrected chi connectivity index (χ1v) is 27.6. The molecule has 2 unspecified atom stereocenters. The molecule has 2 aromatic rings. The van der Waals surface area contributed by atoms with Gasteiger partial charge in [-0.3, -0.25) is 28.1 Å². The minimum Gasteiger partial charge on any atom is -0.790 e. The Morgan fingerprint density at radius 3 is 2.23 bits per heavy atom. The molecule has 0 saturated carbocycles. The summed E-state index contributed by atoms with van der Waals surface area (Å²) in [4.78, 5) is 96.9. The maximum Gasteiger partial charge on any atom is 0.274 e. The second-order valence-electron chi connectivity index (χ2n) is 16.3. The van der Waals surface area contributed by atoms with Crippen molar-refractivity contribution < 1.29 is 85.6 Å². The Balaban J connectivity index is 1.31. The summed E-state index contributed by atoms with van der Waals surface area (Å²) in [5.41, 5.74) is 4.05. The number of hydrogen-bond acceptors (Lipinski definition) is 23. The number of fused-ring (bicyclic) bond motifs is 1. The van der Waals surface area contributed by atoms with Gasteiger partial charge >= 0.3 is 0 Å². The van der Waals surface area contributed by atoms with E-state index in [1.54, 1.807) is 0 Å². The Kier molecular flexibility index (Phi) is 25.9. The standard InChI is InChI=1S/C41H66N7O18P3S/c1-4-5-6-7-8-9-10-11-12-13-14-15-16-17-18-19-29(49)24-32(51)70-23-22-43-31(50)20-21-44-39(54)36(53)41(2,3)26-63-69(60,61)66-68(58,59)62-25-30-35(65-67(55,56)57)34(52)40(64-30)48-28-47-33-37(42)45-27-46-38(33)48/h5-6,8-9,11-12,14-15,27-30,34-36,40,49,52-53H,4,7,10,13,16-26H2,1-3H3,(H,43,50)(H,44,54)(H,58,59)(H,60,61)(H2,42,45,46)(H2,55,56,57)/p-4/b6-5-,9-8-,12-11-,15-14-/t29-,30-,34-,35-,36+,40-/m1/s1. The van der Waals surface area contributed by atoms with Gasteiger partial charge in [0.2, 0.25) is 11.8 Å². The van der Waals surface area contributed by atoms with Crippen molar-refractivity contribution in [2.75, 3.05) is 37.8 Å². The SMILES string of the molecule is CC/C=C\C/C=C\C/C=C\C/C=C\CCCC[C@@H](O)CC(=O)SCCNC(=O)CCNC(=O)[C@H](O)C(C)(C)COP(=O)([O-])OP(=O)([O-])OC[C@H]1O[C@@H](n2cnc3c(N)ncnc32)[C@H](O)[C@@H]1OP(=O)([O-])[O-]. The first-order chi connectivity index (χ1) is 32.9. The molecule has 1 fully saturated rings. The number of nitrogens with zero attached hydrogens (tertiary/aromatic N) is 4. The molecule has 7 N–H and O–H groups in total. The average molecular weight is 1070 g/mol. The molecule has 70 heavy (non-hydrogen) atoms. The number of nitrogens with two attached hydrogens (primary N) is 1. The summed E-state index contributed by atoms with van der Waals surface area (Å²) in [6, 6.07) is 0. The number of imidazole rings is 1. The van der Waals surface area contributed by atoms with Crippen molar-refractivity contribution in [3.05, 3.63) is 61.3 Å². The number of nitrogens with one attached hydrogen (secondary N) is 2. The Morgan fingerprint density at radius 2 is 1.57 bits per heavy atom. The van der Waals surface area contributed by atoms with Crippen molar-refractivity contribution in [3.63, 3.8) is 0 Å². The fourth-order valence-electron chi connectivity index (χ4n) is 6.37. The molecule has 0 spiro atoms. The van der Waals surface area contributed by atoms with Crippen molar-refractivity contribution in [2.24, 2.45) is 5.41 Å². The third-order valence-corrected chi connectivity index (χ3v) is 13.9. The molecule has 25 nitrogen and oxygen atoms in total. The van der Waals surface area contributed by atoms with Crippen LogP contribution in [0.15, 0.2) is 61.3 Å². The molecule has 2 aromatic heterocycles. The lowest BCUT2D eigenvalue weighted by Crippen LogP contribution is -2.46. The number of thioether (sulfide) groups is 1. The number of aromatic nitrogens is 4. The number of carbonyl (C=O) groups excluding carboxylic acids is 3. The lowest BCUT2D eigenvalue weighted by atomic mass is 9.87. The maximum absolute atomic E-state index is 12.6. The molecule has 394 valence electrons. The topological polar surface area (TPSA) is 395 Å². The summed E-state index contributed by atoms with van der Waals surface area (Å²) in [7, 11) is -17.7. The van der Waals surface area contributed by atoms with Gasteiger partial charge < -0.3 is 74.1 Å². The summed E-state index contributed by atoms with van der Waals surface area (Å²) in [5.74, 6) is -1.37. The van der Waals surface area contributed by atoms with Gasteiger partial charge in [-0.2, -0.15) is 0 Å². The second-order valence-corrected chi connectivity index (χ2v) is 21.6. The zero-order valence-corrected chi connectivity index (χ0v) is 42.4. The number of hydrogen-bond donors (Lipinski definition) is 6. The summed E-state index contributed by atoms with van der Waals surface area (Å²) in [6.45, 7) is 2.06. The molecular formula is C41H62N7O18P3S-4. The van der Waals surface area contributed by atoms with Crippen LogP contribution < -0.4 is 35.9 Å². The highest BCUT2D eigenvalue weighted by atomic mass is 32.2. The average Bonchev–Trinajstić information content (AvgIpc) is 3.84. The van der Waals surface area contributed by atoms with E-state index in [2.05, 4.69) is 99.0 Å². The number of carbonyl (C=O) groups is 3. The van der Waals surface area contributed by atoms with Crippen LogP contribution in [-0.4, -0.2) is 114 Å². The normalized spacial score (nSPS) is 20.7. The quantitative estimate of drug-likeness (QED) is 0.0333. The van der Waals surface area contributed by atoms with E-state index in [0.717, 1.165) is 73.9 Å². The molecular weight excluding hydrogens is 1000 g/mol. The number of nitrogen functional groups attached to an aromatic ring is 1. The van der Waals surface area contributed by atoms with E-state index in [1.165, 1.54) is 13.8 Å². The monoisotopic (exact) mass is 1070 g/mol. The zero-order chi connectivity index (χ0) is 52.0. The Bertz CT molecular complexity index is 2260. The highest BCUT2D eigenvalue weighted by Gasteiger charge is 2.47. The molecule has 3 rings (SSSR count). The molecule has 1 aliphatic heterocycles. The lowest BCUT2D eigenvalue weighted by molar-refractivity contribution is -0.347. The molecule has 2 amide bonds. The van der Waals surface area contributed by atoms with Crippen LogP contribution in [0.2, 0.25) is 0 Å². The van der Waals surface area contributed by atoms with Crippen molar-refractivity contribution in [1.29, 1.82) is 0 Å². The Hall–Kier alpha value is -3.52. The van der Waals surface area contributed by atoms with E-state index in [0.29, 0.717) is 6.42 Å². The summed E-state index contributed by atoms with van der Waals surface area (Å²) in [5, 5.41) is 36.4. The van der Waals surface area contributed by atoms with Crippen molar-refractivity contribution in [1.82, 2.24) is 30.2 Å². The fraction of sp³-hybridized carbons (Fsp3) is 0.610. The molecule has 1 aliphatic rings. The van der Waals surface area contributed by atoms with Crippen molar-refractivity contribution in [3.8, 4) is 0 Å². The van der Waals surface area contributed by atoms with Gasteiger partial charge in [-0.15, -0.1) is 0 Å². The van der Waals surface area contributed by atoms with E-state index in [4.69, 9.17) is 10.5 Å². The van der Waals surface area contributed by atoms with Crippen LogP contribution in [-0.2, 0) is 50.7 Å². The van der Waals surface area contributed by atoms with Crippen molar-refractivity contribution >= 4 is 69.1 Å². The minimum absolute atomic E-state index is 0.0189. The second kappa shape index (κ2) is 29.9. The van der Waals surface area contributed by atoms with Gasteiger partial charge in [0.25, 0.3) is 15.6 Å². The first kappa shape index (κ1) is 60.8. The van der Waals surface area contributed by atoms with Gasteiger partial charge in [-0.25, -0.2) is 19.3 Å². The largest absolute Gasteiger partial charge is 0.790 e. The number of phosphoric acid groups is 3. The number of amides is 2. The Labute approximate surface area is 409 Å². The van der Waals surface area contributed by atoms with Crippen LogP contribution in [0.25, 0.3) is 11.2 Å².